The van der Waals surface area contributed by atoms with E-state index in [-0.39, 0.29) is 17.4 Å². The lowest BCUT2D eigenvalue weighted by molar-refractivity contribution is 0.617. The lowest BCUT2D eigenvalue weighted by Gasteiger charge is -2.15. The van der Waals surface area contributed by atoms with Crippen LogP contribution in [0.25, 0.3) is 0 Å². The van der Waals surface area contributed by atoms with Crippen LogP contribution in [0.3, 0.4) is 0 Å². The first kappa shape index (κ1) is 13.3. The minimum absolute atomic E-state index is 0.0272. The number of nitrogens with one attached hydrogen (secondary N) is 1. The van der Waals surface area contributed by atoms with E-state index in [9.17, 15) is 9.18 Å². The second kappa shape index (κ2) is 5.65. The highest BCUT2D eigenvalue weighted by molar-refractivity contribution is 5.42. The van der Waals surface area contributed by atoms with Crippen LogP contribution in [0.4, 0.5) is 10.1 Å². The minimum atomic E-state index is -0.351. The summed E-state index contributed by atoms with van der Waals surface area (Å²) < 4.78 is 14.4. The maximum Gasteiger partial charge on any atom is 0.250 e. The largest absolute Gasteiger partial charge is 0.376 e. The van der Waals surface area contributed by atoms with E-state index in [1.165, 1.54) is 18.3 Å². The van der Waals surface area contributed by atoms with Crippen LogP contribution in [-0.2, 0) is 6.54 Å². The lowest BCUT2D eigenvalue weighted by Crippen LogP contribution is -2.18. The highest BCUT2D eigenvalue weighted by Gasteiger charge is 2.07. The van der Waals surface area contributed by atoms with E-state index in [2.05, 4.69) is 10.3 Å². The van der Waals surface area contributed by atoms with Crippen molar-refractivity contribution in [3.05, 3.63) is 58.5 Å². The number of hydrogen-bond donors (Lipinski definition) is 1. The summed E-state index contributed by atoms with van der Waals surface area (Å²) in [7, 11) is 0. The van der Waals surface area contributed by atoms with Crippen LogP contribution in [0.2, 0.25) is 0 Å². The molecule has 0 radical (unpaired) electrons. The molecule has 100 valence electrons. The van der Waals surface area contributed by atoms with Crippen LogP contribution in [0.1, 0.15) is 25.6 Å². The summed E-state index contributed by atoms with van der Waals surface area (Å²) in [6, 6.07) is 6.21. The van der Waals surface area contributed by atoms with Crippen molar-refractivity contribution in [3.63, 3.8) is 0 Å². The molecule has 0 fully saturated rings. The van der Waals surface area contributed by atoms with E-state index < -0.39 is 0 Å². The number of nitrogens with zero attached hydrogens (tertiary/aromatic N) is 2. The van der Waals surface area contributed by atoms with Crippen molar-refractivity contribution in [2.24, 2.45) is 0 Å². The fourth-order valence-electron chi connectivity index (χ4n) is 1.83. The zero-order valence-corrected chi connectivity index (χ0v) is 10.9. The zero-order valence-electron chi connectivity index (χ0n) is 10.9. The first-order valence-corrected chi connectivity index (χ1v) is 6.18. The van der Waals surface area contributed by atoms with Gasteiger partial charge in [0, 0.05) is 18.8 Å². The molecule has 2 aromatic rings. The molecule has 2 aromatic heterocycles. The molecular formula is C14H16FN3O. The van der Waals surface area contributed by atoms with Crippen LogP contribution < -0.4 is 10.9 Å². The van der Waals surface area contributed by atoms with Crippen LogP contribution in [0.15, 0.2) is 41.5 Å². The maximum atomic E-state index is 12.8. The van der Waals surface area contributed by atoms with Gasteiger partial charge in [0.2, 0.25) is 0 Å². The van der Waals surface area contributed by atoms with Crippen molar-refractivity contribution >= 4 is 5.69 Å². The molecule has 0 aliphatic heterocycles. The predicted molar refractivity (Wildman–Crippen MR) is 72.6 cm³/mol. The normalized spacial score (nSPS) is 12.2. The van der Waals surface area contributed by atoms with E-state index in [4.69, 9.17) is 0 Å². The van der Waals surface area contributed by atoms with E-state index in [0.717, 1.165) is 11.4 Å². The van der Waals surface area contributed by atoms with Crippen molar-refractivity contribution in [1.29, 1.82) is 0 Å². The molecule has 19 heavy (non-hydrogen) atoms. The minimum Gasteiger partial charge on any atom is -0.376 e. The summed E-state index contributed by atoms with van der Waals surface area (Å²) in [5.74, 6) is -0.351. The Balaban J connectivity index is 2.16. The summed E-state index contributed by atoms with van der Waals surface area (Å²) in [5, 5.41) is 3.23. The van der Waals surface area contributed by atoms with E-state index in [1.807, 2.05) is 13.8 Å². The molecule has 0 aromatic carbocycles. The number of anilines is 1. The average molecular weight is 261 g/mol. The third-order valence-corrected chi connectivity index (χ3v) is 2.90. The Hall–Kier alpha value is -2.17. The first-order valence-electron chi connectivity index (χ1n) is 6.18. The molecule has 0 aliphatic rings. The topological polar surface area (TPSA) is 46.9 Å². The molecule has 0 saturated heterocycles. The van der Waals surface area contributed by atoms with Gasteiger partial charge in [0.1, 0.15) is 5.82 Å². The van der Waals surface area contributed by atoms with Crippen molar-refractivity contribution in [1.82, 2.24) is 9.55 Å². The van der Waals surface area contributed by atoms with E-state index >= 15 is 0 Å². The molecule has 0 aliphatic carbocycles. The first-order chi connectivity index (χ1) is 9.10. The molecule has 2 rings (SSSR count). The zero-order chi connectivity index (χ0) is 13.8. The summed E-state index contributed by atoms with van der Waals surface area (Å²) in [4.78, 5) is 15.5. The quantitative estimate of drug-likeness (QED) is 0.920. The predicted octanol–water partition coefficient (Wildman–Crippen LogP) is 2.58. The number of rotatable bonds is 4. The third kappa shape index (κ3) is 3.19. The Bertz CT molecular complexity index is 607. The van der Waals surface area contributed by atoms with Gasteiger partial charge in [-0.1, -0.05) is 0 Å². The number of aryl methyl sites for hydroxylation is 1. The Morgan fingerprint density at radius 3 is 2.79 bits per heavy atom. The molecule has 0 spiro atoms. The SMILES string of the molecule is CCn1cc(NC(C)c2ccc(F)cn2)ccc1=O. The molecule has 4 nitrogen and oxygen atoms in total. The standard InChI is InChI=1S/C14H16FN3O/c1-3-18-9-12(5-7-14(18)19)17-10(2)13-6-4-11(15)8-16-13/h4-10,17H,3H2,1-2H3. The van der Waals surface area contributed by atoms with Crippen molar-refractivity contribution in [2.45, 2.75) is 26.4 Å². The van der Waals surface area contributed by atoms with Gasteiger partial charge >= 0.3 is 0 Å². The second-order valence-electron chi connectivity index (χ2n) is 4.31. The van der Waals surface area contributed by atoms with Gasteiger partial charge in [0.05, 0.1) is 23.6 Å². The number of aromatic nitrogens is 2. The Morgan fingerprint density at radius 2 is 2.16 bits per heavy atom. The van der Waals surface area contributed by atoms with E-state index in [0.29, 0.717) is 6.54 Å². The summed E-state index contributed by atoms with van der Waals surface area (Å²) in [6.45, 7) is 4.47. The summed E-state index contributed by atoms with van der Waals surface area (Å²) in [5.41, 5.74) is 1.55. The van der Waals surface area contributed by atoms with Crippen molar-refractivity contribution in [2.75, 3.05) is 5.32 Å². The van der Waals surface area contributed by atoms with E-state index in [1.54, 1.807) is 22.9 Å². The molecule has 2 heterocycles. The van der Waals surface area contributed by atoms with Gasteiger partial charge in [0.15, 0.2) is 0 Å². The van der Waals surface area contributed by atoms with Crippen LogP contribution in [0.5, 0.6) is 0 Å². The van der Waals surface area contributed by atoms with Gasteiger partial charge in [-0.15, -0.1) is 0 Å². The summed E-state index contributed by atoms with van der Waals surface area (Å²) in [6.07, 6.45) is 2.96. The Kier molecular flexibility index (Phi) is 3.94. The smallest absolute Gasteiger partial charge is 0.250 e. The number of hydrogen-bond acceptors (Lipinski definition) is 3. The lowest BCUT2D eigenvalue weighted by atomic mass is 10.2. The van der Waals surface area contributed by atoms with Gasteiger partial charge in [-0.25, -0.2) is 4.39 Å². The second-order valence-corrected chi connectivity index (χ2v) is 4.31. The molecule has 1 unspecified atom stereocenters. The monoisotopic (exact) mass is 261 g/mol. The molecule has 1 atom stereocenters. The van der Waals surface area contributed by atoms with Gasteiger partial charge in [-0.05, 0) is 32.0 Å². The molecule has 0 amide bonds. The van der Waals surface area contributed by atoms with Gasteiger partial charge in [-0.2, -0.15) is 0 Å². The molecule has 5 heteroatoms. The number of pyridine rings is 2. The van der Waals surface area contributed by atoms with Crippen LogP contribution in [-0.4, -0.2) is 9.55 Å². The van der Waals surface area contributed by atoms with Crippen molar-refractivity contribution in [3.8, 4) is 0 Å². The Morgan fingerprint density at radius 1 is 1.37 bits per heavy atom. The fourth-order valence-corrected chi connectivity index (χ4v) is 1.83. The van der Waals surface area contributed by atoms with Gasteiger partial charge < -0.3 is 9.88 Å². The highest BCUT2D eigenvalue weighted by atomic mass is 19.1. The fraction of sp³-hybridized carbons (Fsp3) is 0.286. The maximum absolute atomic E-state index is 12.8. The highest BCUT2D eigenvalue weighted by Crippen LogP contribution is 2.16. The molecule has 1 N–H and O–H groups in total. The van der Waals surface area contributed by atoms with Gasteiger partial charge in [-0.3, -0.25) is 9.78 Å². The van der Waals surface area contributed by atoms with Crippen molar-refractivity contribution < 1.29 is 4.39 Å². The Labute approximate surface area is 110 Å². The average Bonchev–Trinajstić information content (AvgIpc) is 2.41. The summed E-state index contributed by atoms with van der Waals surface area (Å²) >= 11 is 0. The third-order valence-electron chi connectivity index (χ3n) is 2.90. The van der Waals surface area contributed by atoms with Crippen LogP contribution >= 0.6 is 0 Å². The number of halogens is 1. The molecule has 0 bridgehead atoms. The van der Waals surface area contributed by atoms with Gasteiger partial charge in [0.25, 0.3) is 5.56 Å². The molecule has 0 saturated carbocycles. The molecular weight excluding hydrogens is 245 g/mol. The van der Waals surface area contributed by atoms with Crippen LogP contribution in [0, 0.1) is 5.82 Å².